The Hall–Kier alpha value is -5.26. The molecule has 0 bridgehead atoms. The quantitative estimate of drug-likeness (QED) is 0.0852. The molecule has 0 saturated carbocycles. The Kier molecular flexibility index (Phi) is 12.4. The highest BCUT2D eigenvalue weighted by Crippen LogP contribution is 2.25. The van der Waals surface area contributed by atoms with Crippen LogP contribution in [0.1, 0.15) is 0 Å². The van der Waals surface area contributed by atoms with Gasteiger partial charge >= 0.3 is 0 Å². The van der Waals surface area contributed by atoms with E-state index in [4.69, 9.17) is 37.3 Å². The summed E-state index contributed by atoms with van der Waals surface area (Å²) < 4.78 is 45.5. The summed E-state index contributed by atoms with van der Waals surface area (Å²) >= 11 is 0. The molecule has 0 aliphatic heterocycles. The molecular formula is C40H38O10. The van der Waals surface area contributed by atoms with E-state index in [0.717, 1.165) is 11.1 Å². The monoisotopic (exact) mass is 678 g/mol. The van der Waals surface area contributed by atoms with Gasteiger partial charge in [-0.05, 0) is 72.8 Å². The lowest BCUT2D eigenvalue weighted by Crippen LogP contribution is -2.14. The number of benzene rings is 4. The van der Waals surface area contributed by atoms with Gasteiger partial charge in [-0.15, -0.1) is 0 Å². The number of ether oxygens (including phenoxy) is 6. The first kappa shape index (κ1) is 34.6. The topological polar surface area (TPSA) is 116 Å². The standard InChI is InChI=1S/C40H38O10/c41-35-27-39(49-37-7-3-1-5-33(35)37)29-9-13-31(14-10-29)47-25-23-45-21-19-43-17-18-44-20-22-46-24-26-48-32-15-11-30(12-16-32)40-28-36(42)34-6-2-4-8-38(34)50-40/h1-16,27-28H,17-26H2. The summed E-state index contributed by atoms with van der Waals surface area (Å²) in [6.07, 6.45) is 0. The van der Waals surface area contributed by atoms with Gasteiger partial charge in [-0.1, -0.05) is 24.3 Å². The summed E-state index contributed by atoms with van der Waals surface area (Å²) in [5.41, 5.74) is 2.57. The minimum Gasteiger partial charge on any atom is -0.491 e. The second kappa shape index (κ2) is 17.9. The molecule has 0 atom stereocenters. The first-order valence-corrected chi connectivity index (χ1v) is 16.5. The van der Waals surface area contributed by atoms with Crippen molar-refractivity contribution in [2.45, 2.75) is 0 Å². The van der Waals surface area contributed by atoms with Crippen molar-refractivity contribution in [3.05, 3.63) is 130 Å². The van der Waals surface area contributed by atoms with Gasteiger partial charge in [0.1, 0.15) is 47.4 Å². The zero-order chi connectivity index (χ0) is 34.4. The molecule has 2 aromatic heterocycles. The number of para-hydroxylation sites is 2. The van der Waals surface area contributed by atoms with Crippen LogP contribution in [0.25, 0.3) is 44.6 Å². The van der Waals surface area contributed by atoms with E-state index < -0.39 is 0 Å². The Morgan fingerprint density at radius 1 is 0.400 bits per heavy atom. The Morgan fingerprint density at radius 2 is 0.740 bits per heavy atom. The van der Waals surface area contributed by atoms with Crippen molar-refractivity contribution in [2.24, 2.45) is 0 Å². The lowest BCUT2D eigenvalue weighted by Gasteiger charge is -2.09. The van der Waals surface area contributed by atoms with Crippen LogP contribution in [0.5, 0.6) is 11.5 Å². The molecule has 2 heterocycles. The highest BCUT2D eigenvalue weighted by Gasteiger charge is 2.08. The lowest BCUT2D eigenvalue weighted by molar-refractivity contribution is -0.00698. The maximum absolute atomic E-state index is 12.4. The van der Waals surface area contributed by atoms with Crippen molar-refractivity contribution in [3.63, 3.8) is 0 Å². The van der Waals surface area contributed by atoms with Gasteiger partial charge in [0.05, 0.1) is 63.6 Å². The Balaban J connectivity index is 0.747. The molecule has 0 amide bonds. The highest BCUT2D eigenvalue weighted by molar-refractivity contribution is 5.79. The molecule has 0 N–H and O–H groups in total. The Morgan fingerprint density at radius 3 is 1.12 bits per heavy atom. The lowest BCUT2D eigenvalue weighted by atomic mass is 10.1. The predicted molar refractivity (Wildman–Crippen MR) is 190 cm³/mol. The van der Waals surface area contributed by atoms with E-state index in [0.29, 0.717) is 111 Å². The normalized spacial score (nSPS) is 11.3. The van der Waals surface area contributed by atoms with Crippen molar-refractivity contribution in [1.29, 1.82) is 0 Å². The van der Waals surface area contributed by atoms with Crippen LogP contribution >= 0.6 is 0 Å². The van der Waals surface area contributed by atoms with Crippen molar-refractivity contribution in [2.75, 3.05) is 66.1 Å². The third-order valence-corrected chi connectivity index (χ3v) is 7.66. The molecule has 6 aromatic rings. The molecule has 258 valence electrons. The van der Waals surface area contributed by atoms with Gasteiger partial charge in [0, 0.05) is 23.3 Å². The summed E-state index contributed by atoms with van der Waals surface area (Å²) in [7, 11) is 0. The number of hydrogen-bond acceptors (Lipinski definition) is 10. The van der Waals surface area contributed by atoms with Crippen molar-refractivity contribution < 1.29 is 37.3 Å². The molecular weight excluding hydrogens is 640 g/mol. The average Bonchev–Trinajstić information content (AvgIpc) is 3.15. The molecule has 0 radical (unpaired) electrons. The number of rotatable bonds is 19. The molecule has 0 aliphatic carbocycles. The Labute approximate surface area is 288 Å². The third-order valence-electron chi connectivity index (χ3n) is 7.66. The van der Waals surface area contributed by atoms with E-state index in [1.807, 2.05) is 72.8 Å². The highest BCUT2D eigenvalue weighted by atomic mass is 16.6. The maximum Gasteiger partial charge on any atom is 0.193 e. The van der Waals surface area contributed by atoms with Crippen LogP contribution < -0.4 is 20.3 Å². The van der Waals surface area contributed by atoms with Crippen LogP contribution in [0.15, 0.2) is 128 Å². The fourth-order valence-electron chi connectivity index (χ4n) is 5.12. The van der Waals surface area contributed by atoms with Gasteiger partial charge in [0.2, 0.25) is 0 Å². The maximum atomic E-state index is 12.4. The minimum atomic E-state index is -0.0719. The molecule has 50 heavy (non-hydrogen) atoms. The van der Waals surface area contributed by atoms with Crippen LogP contribution in [0.4, 0.5) is 0 Å². The van der Waals surface area contributed by atoms with Gasteiger partial charge in [-0.2, -0.15) is 0 Å². The van der Waals surface area contributed by atoms with Crippen molar-refractivity contribution in [3.8, 4) is 34.1 Å². The SMILES string of the molecule is O=c1cc(-c2ccc(OCCOCCOCCOCCOCCOc3ccc(-c4cc(=O)c5ccccc5o4)cc3)cc2)oc2ccccc12. The van der Waals surface area contributed by atoms with Crippen LogP contribution in [0.3, 0.4) is 0 Å². The molecule has 4 aromatic carbocycles. The van der Waals surface area contributed by atoms with E-state index in [1.165, 1.54) is 12.1 Å². The molecule has 0 saturated heterocycles. The van der Waals surface area contributed by atoms with E-state index in [-0.39, 0.29) is 10.9 Å². The van der Waals surface area contributed by atoms with Crippen molar-refractivity contribution in [1.82, 2.24) is 0 Å². The van der Waals surface area contributed by atoms with E-state index in [2.05, 4.69) is 0 Å². The van der Waals surface area contributed by atoms with Crippen LogP contribution in [-0.4, -0.2) is 66.1 Å². The fourth-order valence-corrected chi connectivity index (χ4v) is 5.12. The zero-order valence-electron chi connectivity index (χ0n) is 27.5. The van der Waals surface area contributed by atoms with E-state index in [1.54, 1.807) is 24.3 Å². The molecule has 10 heteroatoms. The second-order valence-corrected chi connectivity index (χ2v) is 11.1. The van der Waals surface area contributed by atoms with Crippen molar-refractivity contribution >= 4 is 21.9 Å². The van der Waals surface area contributed by atoms with Crippen LogP contribution in [0.2, 0.25) is 0 Å². The third kappa shape index (κ3) is 9.67. The van der Waals surface area contributed by atoms with Gasteiger partial charge in [0.25, 0.3) is 0 Å². The van der Waals surface area contributed by atoms with Gasteiger partial charge in [-0.3, -0.25) is 9.59 Å². The van der Waals surface area contributed by atoms with E-state index in [9.17, 15) is 9.59 Å². The Bertz CT molecular complexity index is 1920. The minimum absolute atomic E-state index is 0.0719. The van der Waals surface area contributed by atoms with Gasteiger partial charge in [-0.25, -0.2) is 0 Å². The molecule has 0 unspecified atom stereocenters. The second-order valence-electron chi connectivity index (χ2n) is 11.1. The summed E-state index contributed by atoms with van der Waals surface area (Å²) in [4.78, 5) is 24.7. The molecule has 6 rings (SSSR count). The summed E-state index contributed by atoms with van der Waals surface area (Å²) in [5.74, 6) is 2.43. The van der Waals surface area contributed by atoms with E-state index >= 15 is 0 Å². The average molecular weight is 679 g/mol. The summed E-state index contributed by atoms with van der Waals surface area (Å²) in [6, 6.07) is 32.2. The zero-order valence-corrected chi connectivity index (χ0v) is 27.5. The van der Waals surface area contributed by atoms with Crippen LogP contribution in [0, 0.1) is 0 Å². The summed E-state index contributed by atoms with van der Waals surface area (Å²) in [6.45, 7) is 4.41. The molecule has 0 fully saturated rings. The van der Waals surface area contributed by atoms with Gasteiger partial charge in [0.15, 0.2) is 10.9 Å². The molecule has 10 nitrogen and oxygen atoms in total. The molecule has 0 spiro atoms. The largest absolute Gasteiger partial charge is 0.491 e. The predicted octanol–water partition coefficient (Wildman–Crippen LogP) is 6.76. The fraction of sp³-hybridized carbons (Fsp3) is 0.250. The number of fused-ring (bicyclic) bond motifs is 2. The number of hydrogen-bond donors (Lipinski definition) is 0. The first-order valence-electron chi connectivity index (χ1n) is 16.5. The molecule has 0 aliphatic rings. The smallest absolute Gasteiger partial charge is 0.193 e. The first-order chi connectivity index (χ1) is 24.6. The van der Waals surface area contributed by atoms with Gasteiger partial charge < -0.3 is 37.3 Å². The summed E-state index contributed by atoms with van der Waals surface area (Å²) in [5, 5.41) is 1.13. The van der Waals surface area contributed by atoms with Crippen LogP contribution in [-0.2, 0) is 18.9 Å².